The molecule has 0 heterocycles. The molecule has 0 unspecified atom stereocenters. The molecule has 0 aliphatic heterocycles. The summed E-state index contributed by atoms with van der Waals surface area (Å²) in [7, 11) is 0. The summed E-state index contributed by atoms with van der Waals surface area (Å²) in [4.78, 5) is 11.1. The second-order valence-corrected chi connectivity index (χ2v) is 4.96. The molecule has 0 atom stereocenters. The summed E-state index contributed by atoms with van der Waals surface area (Å²) in [6, 6.07) is 0. The minimum Gasteiger partial charge on any atom is -0.294 e. The lowest BCUT2D eigenvalue weighted by Gasteiger charge is -2.21. The largest absolute Gasteiger partial charge is 0.294 e. The Bertz CT molecular complexity index is 183. The quantitative estimate of drug-likeness (QED) is 0.612. The van der Waals surface area contributed by atoms with Crippen LogP contribution in [0.1, 0.15) is 34.1 Å². The zero-order chi connectivity index (χ0) is 10.3. The zero-order valence-electron chi connectivity index (χ0n) is 9.09. The van der Waals surface area contributed by atoms with E-state index in [-0.39, 0.29) is 5.78 Å². The van der Waals surface area contributed by atoms with Crippen LogP contribution in [0.3, 0.4) is 0 Å². The van der Waals surface area contributed by atoms with Gasteiger partial charge < -0.3 is 0 Å². The molecule has 0 aliphatic carbocycles. The molecule has 1 nitrogen and oxygen atoms in total. The van der Waals surface area contributed by atoms with Crippen molar-refractivity contribution in [3.05, 3.63) is 12.2 Å². The van der Waals surface area contributed by atoms with Crippen molar-refractivity contribution >= 4 is 17.5 Å². The smallest absolute Gasteiger partial charge is 0.165 e. The Morgan fingerprint density at radius 3 is 2.54 bits per heavy atom. The lowest BCUT2D eigenvalue weighted by atomic mass is 9.93. The second-order valence-electron chi connectivity index (χ2n) is 3.98. The molecule has 0 aromatic rings. The van der Waals surface area contributed by atoms with Crippen molar-refractivity contribution in [1.29, 1.82) is 0 Å². The van der Waals surface area contributed by atoms with Gasteiger partial charge in [0.05, 0.1) is 5.75 Å². The summed E-state index contributed by atoms with van der Waals surface area (Å²) in [5, 5.41) is 0. The number of hydrogen-bond donors (Lipinski definition) is 0. The van der Waals surface area contributed by atoms with Crippen molar-refractivity contribution in [3.63, 3.8) is 0 Å². The number of rotatable bonds is 6. The minimum atomic E-state index is 0.222. The Kier molecular flexibility index (Phi) is 6.13. The van der Waals surface area contributed by atoms with Crippen LogP contribution in [-0.2, 0) is 4.79 Å². The van der Waals surface area contributed by atoms with Gasteiger partial charge in [-0.3, -0.25) is 4.79 Å². The Morgan fingerprint density at radius 2 is 2.08 bits per heavy atom. The highest BCUT2D eigenvalue weighted by Gasteiger charge is 2.14. The fourth-order valence-corrected chi connectivity index (χ4v) is 1.92. The van der Waals surface area contributed by atoms with Gasteiger partial charge in [-0.2, -0.15) is 11.8 Å². The van der Waals surface area contributed by atoms with E-state index in [2.05, 4.69) is 20.8 Å². The Balaban J connectivity index is 3.62. The summed E-state index contributed by atoms with van der Waals surface area (Å²) >= 11 is 1.73. The van der Waals surface area contributed by atoms with Gasteiger partial charge in [-0.1, -0.05) is 33.3 Å². The van der Waals surface area contributed by atoms with E-state index in [0.29, 0.717) is 11.2 Å². The summed E-state index contributed by atoms with van der Waals surface area (Å²) < 4.78 is 0. The van der Waals surface area contributed by atoms with Gasteiger partial charge in [-0.15, -0.1) is 0 Å². The van der Waals surface area contributed by atoms with Gasteiger partial charge in [-0.25, -0.2) is 0 Å². The molecule has 0 aromatic heterocycles. The average Bonchev–Trinajstić information content (AvgIpc) is 2.05. The van der Waals surface area contributed by atoms with Crippen LogP contribution in [0, 0.1) is 5.41 Å². The van der Waals surface area contributed by atoms with Crippen molar-refractivity contribution < 1.29 is 4.79 Å². The molecule has 0 bridgehead atoms. The van der Waals surface area contributed by atoms with Crippen molar-refractivity contribution in [2.45, 2.75) is 34.1 Å². The van der Waals surface area contributed by atoms with Crippen molar-refractivity contribution in [2.24, 2.45) is 5.41 Å². The highest BCUT2D eigenvalue weighted by Crippen LogP contribution is 2.25. The molecule has 0 rings (SSSR count). The van der Waals surface area contributed by atoms with Gasteiger partial charge in [0.15, 0.2) is 5.78 Å². The molecule has 2 heteroatoms. The molecule has 0 saturated heterocycles. The topological polar surface area (TPSA) is 17.1 Å². The van der Waals surface area contributed by atoms with Crippen LogP contribution < -0.4 is 0 Å². The van der Waals surface area contributed by atoms with Crippen LogP contribution in [-0.4, -0.2) is 17.3 Å². The van der Waals surface area contributed by atoms with Crippen LogP contribution in [0.4, 0.5) is 0 Å². The minimum absolute atomic E-state index is 0.222. The van der Waals surface area contributed by atoms with Gasteiger partial charge in [-0.05, 0) is 24.2 Å². The van der Waals surface area contributed by atoms with E-state index < -0.39 is 0 Å². The molecule has 0 spiro atoms. The lowest BCUT2D eigenvalue weighted by molar-refractivity contribution is -0.112. The van der Waals surface area contributed by atoms with Crippen LogP contribution in [0.2, 0.25) is 0 Å². The molecule has 0 fully saturated rings. The maximum atomic E-state index is 11.1. The molecule has 0 saturated carbocycles. The van der Waals surface area contributed by atoms with Crippen molar-refractivity contribution in [2.75, 3.05) is 11.5 Å². The molecular formula is C11H20OS. The molecular weight excluding hydrogens is 180 g/mol. The van der Waals surface area contributed by atoms with Crippen molar-refractivity contribution in [1.82, 2.24) is 0 Å². The Morgan fingerprint density at radius 1 is 1.46 bits per heavy atom. The van der Waals surface area contributed by atoms with Gasteiger partial charge >= 0.3 is 0 Å². The van der Waals surface area contributed by atoms with E-state index in [4.69, 9.17) is 0 Å². The van der Waals surface area contributed by atoms with E-state index in [1.54, 1.807) is 23.9 Å². The van der Waals surface area contributed by atoms with Gasteiger partial charge in [0.1, 0.15) is 0 Å². The van der Waals surface area contributed by atoms with Crippen LogP contribution in [0.5, 0.6) is 0 Å². The first-order valence-corrected chi connectivity index (χ1v) is 5.90. The number of hydrogen-bond acceptors (Lipinski definition) is 2. The lowest BCUT2D eigenvalue weighted by Crippen LogP contribution is -2.14. The van der Waals surface area contributed by atoms with E-state index in [0.717, 1.165) is 12.2 Å². The number of carbonyl (C=O) groups is 1. The third kappa shape index (κ3) is 6.88. The highest BCUT2D eigenvalue weighted by molar-refractivity contribution is 8.00. The number of allylic oxidation sites excluding steroid dienone is 2. The monoisotopic (exact) mass is 200 g/mol. The first-order chi connectivity index (χ1) is 6.02. The summed E-state index contributed by atoms with van der Waals surface area (Å²) in [5.41, 5.74) is 0.362. The predicted molar refractivity (Wildman–Crippen MR) is 61.2 cm³/mol. The number of thioether (sulfide) groups is 1. The van der Waals surface area contributed by atoms with Crippen LogP contribution >= 0.6 is 11.8 Å². The Hall–Kier alpha value is -0.240. The predicted octanol–water partition coefficient (Wildman–Crippen LogP) is 3.30. The van der Waals surface area contributed by atoms with Crippen LogP contribution in [0.25, 0.3) is 0 Å². The third-order valence-electron chi connectivity index (χ3n) is 2.05. The summed E-state index contributed by atoms with van der Waals surface area (Å²) in [6.45, 7) is 8.53. The first-order valence-electron chi connectivity index (χ1n) is 4.75. The molecule has 0 amide bonds. The van der Waals surface area contributed by atoms with Gasteiger partial charge in [0.25, 0.3) is 0 Å². The molecule has 76 valence electrons. The van der Waals surface area contributed by atoms with E-state index >= 15 is 0 Å². The SMILES string of the molecule is C/C=C\C(=O)CSCC(C)(C)CC. The Labute approximate surface area is 86.0 Å². The highest BCUT2D eigenvalue weighted by atomic mass is 32.2. The number of ketones is 1. The maximum absolute atomic E-state index is 11.1. The molecule has 0 aliphatic rings. The molecule has 13 heavy (non-hydrogen) atoms. The maximum Gasteiger partial charge on any atom is 0.165 e. The molecule has 0 radical (unpaired) electrons. The van der Waals surface area contributed by atoms with Crippen molar-refractivity contribution in [3.8, 4) is 0 Å². The second kappa shape index (κ2) is 6.25. The molecule has 0 N–H and O–H groups in total. The summed E-state index contributed by atoms with van der Waals surface area (Å²) in [6.07, 6.45) is 4.61. The fraction of sp³-hybridized carbons (Fsp3) is 0.727. The fourth-order valence-electron chi connectivity index (χ4n) is 0.764. The van der Waals surface area contributed by atoms with Crippen LogP contribution in [0.15, 0.2) is 12.2 Å². The zero-order valence-corrected chi connectivity index (χ0v) is 9.91. The third-order valence-corrected chi connectivity index (χ3v) is 3.52. The number of carbonyl (C=O) groups excluding carboxylic acids is 1. The van der Waals surface area contributed by atoms with E-state index in [9.17, 15) is 4.79 Å². The van der Waals surface area contributed by atoms with Gasteiger partial charge in [0.2, 0.25) is 0 Å². The van der Waals surface area contributed by atoms with Gasteiger partial charge in [0, 0.05) is 0 Å². The average molecular weight is 200 g/mol. The summed E-state index contributed by atoms with van der Waals surface area (Å²) in [5.74, 6) is 1.90. The first kappa shape index (κ1) is 12.8. The standard InChI is InChI=1S/C11H20OS/c1-5-7-10(12)8-13-9-11(3,4)6-2/h5,7H,6,8-9H2,1-4H3/b7-5-. The molecule has 0 aromatic carbocycles. The van der Waals surface area contributed by atoms with E-state index in [1.807, 2.05) is 6.92 Å². The normalized spacial score (nSPS) is 12.3. The van der Waals surface area contributed by atoms with E-state index in [1.165, 1.54) is 0 Å².